The Kier molecular flexibility index (Phi) is 5.94. The van der Waals surface area contributed by atoms with Crippen LogP contribution in [-0.4, -0.2) is 25.9 Å². The lowest BCUT2D eigenvalue weighted by Crippen LogP contribution is -2.36. The highest BCUT2D eigenvalue weighted by Gasteiger charge is 2.30. The van der Waals surface area contributed by atoms with Gasteiger partial charge in [0.25, 0.3) is 0 Å². The van der Waals surface area contributed by atoms with Crippen molar-refractivity contribution < 1.29 is 9.12 Å². The van der Waals surface area contributed by atoms with E-state index in [4.69, 9.17) is 16.6 Å². The third-order valence-corrected chi connectivity index (χ3v) is 6.77. The number of halogens is 2. The Labute approximate surface area is 217 Å². The Bertz CT molecular complexity index is 1620. The second-order valence-electron chi connectivity index (χ2n) is 8.88. The van der Waals surface area contributed by atoms with E-state index < -0.39 is 0 Å². The van der Waals surface area contributed by atoms with E-state index in [-0.39, 0.29) is 11.7 Å². The van der Waals surface area contributed by atoms with Crippen LogP contribution in [0, 0.1) is 11.0 Å². The fourth-order valence-electron chi connectivity index (χ4n) is 4.76. The van der Waals surface area contributed by atoms with Crippen LogP contribution in [0.5, 0.6) is 0 Å². The molecular weight excluding hydrogens is 491 g/mol. The predicted octanol–water partition coefficient (Wildman–Crippen LogP) is 5.41. The molecule has 7 nitrogen and oxygen atoms in total. The number of hydrogen-bond donors (Lipinski definition) is 0. The predicted molar refractivity (Wildman–Crippen MR) is 139 cm³/mol. The van der Waals surface area contributed by atoms with Gasteiger partial charge in [-0.15, -0.1) is 5.10 Å². The van der Waals surface area contributed by atoms with Gasteiger partial charge in [0, 0.05) is 34.3 Å². The molecule has 5 aromatic rings. The van der Waals surface area contributed by atoms with Crippen molar-refractivity contribution in [2.24, 2.45) is 4.99 Å². The summed E-state index contributed by atoms with van der Waals surface area (Å²) >= 11 is 6.29. The maximum Gasteiger partial charge on any atom is 0.201 e. The highest BCUT2D eigenvalue weighted by molar-refractivity contribution is 6.31. The summed E-state index contributed by atoms with van der Waals surface area (Å²) in [4.78, 5) is 4.75. The van der Waals surface area contributed by atoms with Gasteiger partial charge < -0.3 is 5.21 Å². The molecule has 0 N–H and O–H groups in total. The van der Waals surface area contributed by atoms with Crippen molar-refractivity contribution in [1.82, 2.24) is 20.2 Å². The second kappa shape index (κ2) is 9.55. The molecule has 1 aliphatic heterocycles. The second-order valence-corrected chi connectivity index (χ2v) is 9.32. The van der Waals surface area contributed by atoms with E-state index in [1.807, 2.05) is 42.5 Å². The van der Waals surface area contributed by atoms with Gasteiger partial charge in [-0.2, -0.15) is 9.41 Å². The van der Waals surface area contributed by atoms with Gasteiger partial charge in [0.1, 0.15) is 12.1 Å². The molecule has 0 bridgehead atoms. The zero-order valence-corrected chi connectivity index (χ0v) is 20.3. The lowest BCUT2D eigenvalue weighted by atomic mass is 9.88. The molecule has 1 atom stereocenters. The summed E-state index contributed by atoms with van der Waals surface area (Å²) in [5.41, 5.74) is 6.13. The van der Waals surface area contributed by atoms with Crippen molar-refractivity contribution in [3.63, 3.8) is 0 Å². The first-order valence-electron chi connectivity index (χ1n) is 11.7. The molecule has 0 aliphatic carbocycles. The van der Waals surface area contributed by atoms with E-state index in [1.54, 1.807) is 24.3 Å². The normalized spacial score (nSPS) is 13.3. The smallest absolute Gasteiger partial charge is 0.201 e. The molecule has 1 aliphatic rings. The van der Waals surface area contributed by atoms with Crippen molar-refractivity contribution >= 4 is 23.0 Å². The van der Waals surface area contributed by atoms with Gasteiger partial charge in [-0.1, -0.05) is 48.0 Å². The molecule has 3 aromatic carbocycles. The van der Waals surface area contributed by atoms with Gasteiger partial charge in [0.2, 0.25) is 5.69 Å². The van der Waals surface area contributed by atoms with Crippen molar-refractivity contribution in [2.75, 3.05) is 0 Å². The van der Waals surface area contributed by atoms with Crippen molar-refractivity contribution in [1.29, 1.82) is 0 Å². The molecule has 0 fully saturated rings. The van der Waals surface area contributed by atoms with Gasteiger partial charge in [0.05, 0.1) is 17.3 Å². The highest BCUT2D eigenvalue weighted by Crippen LogP contribution is 2.35. The van der Waals surface area contributed by atoms with E-state index in [2.05, 4.69) is 15.5 Å². The number of aliphatic imine (C=N–C) groups is 1. The molecule has 9 heteroatoms. The topological polar surface area (TPSA) is 82.9 Å². The first-order valence-corrected chi connectivity index (χ1v) is 12.1. The molecular formula is C28H20ClFN6O. The Morgan fingerprint density at radius 1 is 1.03 bits per heavy atom. The zero-order chi connectivity index (χ0) is 25.4. The number of pyridine rings is 1. The third-order valence-electron chi connectivity index (χ3n) is 6.53. The maximum atomic E-state index is 13.8. The molecule has 37 heavy (non-hydrogen) atoms. The monoisotopic (exact) mass is 510 g/mol. The minimum atomic E-state index is -0.327. The number of rotatable bonds is 6. The Morgan fingerprint density at radius 2 is 1.89 bits per heavy atom. The van der Waals surface area contributed by atoms with Crippen LogP contribution in [0.3, 0.4) is 0 Å². The number of hydrogen-bond acceptors (Lipinski definition) is 5. The third kappa shape index (κ3) is 4.59. The fourth-order valence-corrected chi connectivity index (χ4v) is 4.93. The summed E-state index contributed by atoms with van der Waals surface area (Å²) in [6.07, 6.45) is 4.17. The molecule has 0 saturated heterocycles. The maximum absolute atomic E-state index is 13.8. The molecule has 0 amide bonds. The summed E-state index contributed by atoms with van der Waals surface area (Å²) < 4.78 is 16.3. The zero-order valence-electron chi connectivity index (χ0n) is 19.5. The molecule has 182 valence electrons. The van der Waals surface area contributed by atoms with Crippen molar-refractivity contribution in [2.45, 2.75) is 18.8 Å². The van der Waals surface area contributed by atoms with Crippen LogP contribution in [0.1, 0.15) is 22.7 Å². The fraction of sp³-hybridized carbons (Fsp3) is 0.107. The van der Waals surface area contributed by atoms with Crippen LogP contribution in [0.25, 0.3) is 16.8 Å². The van der Waals surface area contributed by atoms with Crippen LogP contribution < -0.4 is 4.73 Å². The number of benzene rings is 3. The summed E-state index contributed by atoms with van der Waals surface area (Å²) in [5, 5.41) is 25.5. The number of tetrazole rings is 1. The Balaban J connectivity index is 1.42. The van der Waals surface area contributed by atoms with E-state index >= 15 is 0 Å². The van der Waals surface area contributed by atoms with Crippen molar-refractivity contribution in [3.05, 3.63) is 124 Å². The van der Waals surface area contributed by atoms with E-state index in [0.29, 0.717) is 40.5 Å². The Morgan fingerprint density at radius 3 is 2.68 bits per heavy atom. The van der Waals surface area contributed by atoms with Gasteiger partial charge in [-0.05, 0) is 64.4 Å². The lowest BCUT2D eigenvalue weighted by Gasteiger charge is -2.18. The molecule has 3 heterocycles. The molecule has 0 spiro atoms. The number of nitrogens with zero attached hydrogens (tertiary/aromatic N) is 6. The summed E-state index contributed by atoms with van der Waals surface area (Å²) in [7, 11) is 0. The van der Waals surface area contributed by atoms with E-state index in [1.165, 1.54) is 29.3 Å². The van der Waals surface area contributed by atoms with Crippen molar-refractivity contribution in [3.8, 4) is 16.8 Å². The lowest BCUT2D eigenvalue weighted by molar-refractivity contribution is -0.614. The minimum Gasteiger partial charge on any atom is -0.618 e. The highest BCUT2D eigenvalue weighted by atomic mass is 35.5. The largest absolute Gasteiger partial charge is 0.618 e. The van der Waals surface area contributed by atoms with Crippen LogP contribution in [0.15, 0.2) is 96.4 Å². The molecule has 0 unspecified atom stereocenters. The average molecular weight is 511 g/mol. The van der Waals surface area contributed by atoms with Gasteiger partial charge in [-0.3, -0.25) is 4.99 Å². The van der Waals surface area contributed by atoms with Gasteiger partial charge in [0.15, 0.2) is 6.20 Å². The molecule has 2 aromatic heterocycles. The molecule has 0 saturated carbocycles. The summed E-state index contributed by atoms with van der Waals surface area (Å²) in [6.45, 7) is 0. The first-order chi connectivity index (χ1) is 18.0. The molecule has 0 radical (unpaired) electrons. The van der Waals surface area contributed by atoms with Crippen LogP contribution >= 0.6 is 11.6 Å². The minimum absolute atomic E-state index is 0.289. The summed E-state index contributed by atoms with van der Waals surface area (Å²) in [6, 6.07) is 23.7. The van der Waals surface area contributed by atoms with Gasteiger partial charge in [-0.25, -0.2) is 4.39 Å². The van der Waals surface area contributed by atoms with Gasteiger partial charge >= 0.3 is 0 Å². The molecule has 6 rings (SSSR count). The number of aromatic nitrogens is 5. The first kappa shape index (κ1) is 23.0. The van der Waals surface area contributed by atoms with Crippen LogP contribution in [-0.2, 0) is 12.8 Å². The standard InChI is InChI=1S/C28H20ClFN6O/c29-21-8-11-27(35-17-31-33-34-35)23(14-21)20-7-10-28(36(37)16-20)24(12-18-4-2-1-3-5-18)26-13-19-6-9-22(30)15-25(19)32-26/h1-11,14-17,24H,12-13H2/t24-/m0/s1. The Hall–Kier alpha value is -4.43. The average Bonchev–Trinajstić information content (AvgIpc) is 3.58. The quantitative estimate of drug-likeness (QED) is 0.226. The summed E-state index contributed by atoms with van der Waals surface area (Å²) in [5.74, 6) is -0.616. The SMILES string of the molecule is [O-][n+]1cc(-c2cc(Cl)ccc2-n2cnnn2)ccc1[C@@H](Cc1ccccc1)C1=Nc2cc(F)ccc2C1. The van der Waals surface area contributed by atoms with Crippen LogP contribution in [0.4, 0.5) is 10.1 Å². The van der Waals surface area contributed by atoms with E-state index in [0.717, 1.165) is 27.1 Å². The van der Waals surface area contributed by atoms with Crippen LogP contribution in [0.2, 0.25) is 5.02 Å². The number of fused-ring (bicyclic) bond motifs is 1. The van der Waals surface area contributed by atoms with E-state index in [9.17, 15) is 9.60 Å².